The van der Waals surface area contributed by atoms with Crippen LogP contribution in [0.4, 0.5) is 24.8 Å². The van der Waals surface area contributed by atoms with Crippen LogP contribution in [0.1, 0.15) is 62.5 Å². The first-order valence-corrected chi connectivity index (χ1v) is 9.58. The number of aromatic nitrogens is 3. The molecule has 1 aliphatic heterocycles. The molecule has 29 heavy (non-hydrogen) atoms. The van der Waals surface area contributed by atoms with Crippen LogP contribution in [0.25, 0.3) is 0 Å². The lowest BCUT2D eigenvalue weighted by molar-refractivity contribution is -0.137. The molecule has 0 spiro atoms. The van der Waals surface area contributed by atoms with Gasteiger partial charge in [0.25, 0.3) is 0 Å². The normalized spacial score (nSPS) is 17.5. The number of nitrogens with zero attached hydrogens (tertiary/aromatic N) is 4. The molecule has 0 saturated carbocycles. The molecule has 0 bridgehead atoms. The molecular weight excluding hydrogens is 383 g/mol. The summed E-state index contributed by atoms with van der Waals surface area (Å²) in [7, 11) is 0. The quantitative estimate of drug-likeness (QED) is 0.809. The number of likely N-dealkylation sites (tertiary alicyclic amines) is 1. The predicted molar refractivity (Wildman–Crippen MR) is 103 cm³/mol. The largest absolute Gasteiger partial charge is 0.416 e. The Bertz CT molecular complexity index is 885. The summed E-state index contributed by atoms with van der Waals surface area (Å²) in [6.45, 7) is 6.76. The average molecular weight is 407 g/mol. The van der Waals surface area contributed by atoms with Crippen molar-refractivity contribution >= 4 is 17.5 Å². The third-order valence-electron chi connectivity index (χ3n) is 4.91. The van der Waals surface area contributed by atoms with Crippen molar-refractivity contribution in [2.75, 3.05) is 18.4 Å². The van der Waals surface area contributed by atoms with Crippen LogP contribution in [0.5, 0.6) is 0 Å². The van der Waals surface area contributed by atoms with Crippen molar-refractivity contribution < 1.29 is 18.0 Å². The highest BCUT2D eigenvalue weighted by molar-refractivity contribution is 5.73. The summed E-state index contributed by atoms with van der Waals surface area (Å²) >= 11 is 0. The predicted octanol–water partition coefficient (Wildman–Crippen LogP) is 4.48. The van der Waals surface area contributed by atoms with Gasteiger partial charge in [0.1, 0.15) is 17.5 Å². The van der Waals surface area contributed by atoms with Crippen molar-refractivity contribution in [3.05, 3.63) is 41.5 Å². The smallest absolute Gasteiger partial charge is 0.342 e. The summed E-state index contributed by atoms with van der Waals surface area (Å²) < 4.78 is 38.9. The van der Waals surface area contributed by atoms with E-state index in [9.17, 15) is 18.0 Å². The van der Waals surface area contributed by atoms with Gasteiger partial charge in [0.15, 0.2) is 0 Å². The fourth-order valence-corrected chi connectivity index (χ4v) is 3.33. The number of carbonyl (C=O) groups excluding carboxylic acids is 1. The van der Waals surface area contributed by atoms with Crippen LogP contribution in [0.3, 0.4) is 0 Å². The Morgan fingerprint density at radius 2 is 2.00 bits per heavy atom. The van der Waals surface area contributed by atoms with Crippen LogP contribution in [0.15, 0.2) is 24.4 Å². The molecule has 0 radical (unpaired) electrons. The second kappa shape index (κ2) is 8.34. The SMILES string of the molecule is CC(=O)N1CCCC(c2cc(Nc3cc(C(F)(F)F)ccn3)nc(C(C)C)n2)C1. The van der Waals surface area contributed by atoms with Gasteiger partial charge in [0, 0.05) is 44.1 Å². The van der Waals surface area contributed by atoms with E-state index in [1.807, 2.05) is 13.8 Å². The van der Waals surface area contributed by atoms with Crippen LogP contribution >= 0.6 is 0 Å². The van der Waals surface area contributed by atoms with E-state index in [0.717, 1.165) is 43.4 Å². The molecule has 2 aromatic rings. The molecule has 1 saturated heterocycles. The second-order valence-electron chi connectivity index (χ2n) is 7.55. The molecule has 9 heteroatoms. The van der Waals surface area contributed by atoms with Crippen LogP contribution in [-0.2, 0) is 11.0 Å². The molecule has 0 aliphatic carbocycles. The van der Waals surface area contributed by atoms with Gasteiger partial charge in [-0.25, -0.2) is 15.0 Å². The highest BCUT2D eigenvalue weighted by Gasteiger charge is 2.31. The average Bonchev–Trinajstić information content (AvgIpc) is 2.67. The van der Waals surface area contributed by atoms with Crippen LogP contribution < -0.4 is 5.32 Å². The maximum Gasteiger partial charge on any atom is 0.416 e. The third kappa shape index (κ3) is 5.21. The Balaban J connectivity index is 1.90. The van der Waals surface area contributed by atoms with Gasteiger partial charge in [-0.05, 0) is 25.0 Å². The molecule has 1 aliphatic rings. The van der Waals surface area contributed by atoms with Gasteiger partial charge in [0.2, 0.25) is 5.91 Å². The van der Waals surface area contributed by atoms with Crippen molar-refractivity contribution in [1.29, 1.82) is 0 Å². The minimum atomic E-state index is -4.45. The van der Waals surface area contributed by atoms with Crippen LogP contribution in [0.2, 0.25) is 0 Å². The molecule has 1 N–H and O–H groups in total. The highest BCUT2D eigenvalue weighted by atomic mass is 19.4. The topological polar surface area (TPSA) is 71.0 Å². The van der Waals surface area contributed by atoms with E-state index >= 15 is 0 Å². The Labute approximate surface area is 167 Å². The number of nitrogens with one attached hydrogen (secondary N) is 1. The van der Waals surface area contributed by atoms with E-state index < -0.39 is 11.7 Å². The van der Waals surface area contributed by atoms with Gasteiger partial charge in [0.05, 0.1) is 11.3 Å². The van der Waals surface area contributed by atoms with E-state index in [1.165, 1.54) is 0 Å². The number of pyridine rings is 1. The summed E-state index contributed by atoms with van der Waals surface area (Å²) in [6.07, 6.45) is -1.57. The molecule has 3 rings (SSSR count). The maximum absolute atomic E-state index is 13.0. The van der Waals surface area contributed by atoms with E-state index in [2.05, 4.69) is 20.3 Å². The van der Waals surface area contributed by atoms with Gasteiger partial charge in [-0.3, -0.25) is 4.79 Å². The number of anilines is 2. The molecular formula is C20H24F3N5O. The zero-order chi connectivity index (χ0) is 21.2. The van der Waals surface area contributed by atoms with Gasteiger partial charge in [-0.15, -0.1) is 0 Å². The number of hydrogen-bond acceptors (Lipinski definition) is 5. The van der Waals surface area contributed by atoms with E-state index in [-0.39, 0.29) is 23.6 Å². The zero-order valence-electron chi connectivity index (χ0n) is 16.6. The van der Waals surface area contributed by atoms with E-state index in [0.29, 0.717) is 18.2 Å². The number of carbonyl (C=O) groups is 1. The lowest BCUT2D eigenvalue weighted by atomic mass is 9.94. The third-order valence-corrected chi connectivity index (χ3v) is 4.91. The van der Waals surface area contributed by atoms with Crippen LogP contribution in [-0.4, -0.2) is 38.8 Å². The number of hydrogen-bond donors (Lipinski definition) is 1. The second-order valence-corrected chi connectivity index (χ2v) is 7.55. The lowest BCUT2D eigenvalue weighted by Gasteiger charge is -2.32. The van der Waals surface area contributed by atoms with Crippen molar-refractivity contribution in [3.8, 4) is 0 Å². The molecule has 1 unspecified atom stereocenters. The molecule has 6 nitrogen and oxygen atoms in total. The number of alkyl halides is 3. The Hall–Kier alpha value is -2.71. The first kappa shape index (κ1) is 21.0. The fourth-order valence-electron chi connectivity index (χ4n) is 3.33. The number of rotatable bonds is 4. The summed E-state index contributed by atoms with van der Waals surface area (Å²) in [5, 5.41) is 2.88. The van der Waals surface area contributed by atoms with Gasteiger partial charge in [-0.2, -0.15) is 13.2 Å². The maximum atomic E-state index is 13.0. The number of halogens is 3. The molecule has 1 atom stereocenters. The van der Waals surface area contributed by atoms with Gasteiger partial charge < -0.3 is 10.2 Å². The van der Waals surface area contributed by atoms with Gasteiger partial charge in [-0.1, -0.05) is 13.8 Å². The van der Waals surface area contributed by atoms with E-state index in [1.54, 1.807) is 17.9 Å². The van der Waals surface area contributed by atoms with Gasteiger partial charge >= 0.3 is 6.18 Å². The highest BCUT2D eigenvalue weighted by Crippen LogP contribution is 2.31. The Kier molecular flexibility index (Phi) is 6.04. The Morgan fingerprint density at radius 3 is 2.66 bits per heavy atom. The summed E-state index contributed by atoms with van der Waals surface area (Å²) in [6, 6.07) is 3.62. The van der Waals surface area contributed by atoms with Crippen molar-refractivity contribution in [2.45, 2.75) is 51.6 Å². The van der Waals surface area contributed by atoms with E-state index in [4.69, 9.17) is 0 Å². The standard InChI is InChI=1S/C20H24F3N5O/c1-12(2)19-25-16(14-5-4-8-28(11-14)13(3)29)10-18(27-19)26-17-9-15(6-7-24-17)20(21,22)23/h6-7,9-10,12,14H,4-5,8,11H2,1-3H3,(H,24,25,26,27). The first-order valence-electron chi connectivity index (χ1n) is 9.58. The molecule has 3 heterocycles. The number of amides is 1. The molecule has 0 aromatic carbocycles. The van der Waals surface area contributed by atoms with Crippen LogP contribution in [0, 0.1) is 0 Å². The summed E-state index contributed by atoms with van der Waals surface area (Å²) in [4.78, 5) is 26.6. The summed E-state index contributed by atoms with van der Waals surface area (Å²) in [5.74, 6) is 1.18. The molecule has 1 amide bonds. The monoisotopic (exact) mass is 407 g/mol. The fraction of sp³-hybridized carbons (Fsp3) is 0.500. The minimum absolute atomic E-state index is 0.0272. The van der Waals surface area contributed by atoms with Crippen molar-refractivity contribution in [3.63, 3.8) is 0 Å². The Morgan fingerprint density at radius 1 is 1.24 bits per heavy atom. The first-order chi connectivity index (χ1) is 13.6. The molecule has 2 aromatic heterocycles. The number of piperidine rings is 1. The van der Waals surface area contributed by atoms with Crippen molar-refractivity contribution in [1.82, 2.24) is 19.9 Å². The zero-order valence-corrected chi connectivity index (χ0v) is 16.6. The lowest BCUT2D eigenvalue weighted by Crippen LogP contribution is -2.38. The summed E-state index contributed by atoms with van der Waals surface area (Å²) in [5.41, 5.74) is 0.00173. The molecule has 1 fully saturated rings. The molecule has 156 valence electrons. The minimum Gasteiger partial charge on any atom is -0.342 e. The van der Waals surface area contributed by atoms with Crippen molar-refractivity contribution in [2.24, 2.45) is 0 Å².